The molecular formula is C16H15FN2O6-2. The van der Waals surface area contributed by atoms with Gasteiger partial charge in [-0.25, -0.2) is 4.39 Å². The van der Waals surface area contributed by atoms with E-state index >= 15 is 0 Å². The number of aliphatic carboxylic acids is 2. The number of benzene rings is 1. The zero-order chi connectivity index (χ0) is 19.0. The van der Waals surface area contributed by atoms with Gasteiger partial charge in [0, 0.05) is 12.9 Å². The van der Waals surface area contributed by atoms with Crippen molar-refractivity contribution in [2.24, 2.45) is 0 Å². The lowest BCUT2D eigenvalue weighted by Gasteiger charge is -2.21. The summed E-state index contributed by atoms with van der Waals surface area (Å²) in [6, 6.07) is 3.38. The van der Waals surface area contributed by atoms with Gasteiger partial charge < -0.3 is 30.4 Å². The van der Waals surface area contributed by atoms with Gasteiger partial charge in [-0.1, -0.05) is 12.1 Å². The fraction of sp³-hybridized carbons (Fsp3) is 0.250. The van der Waals surface area contributed by atoms with Gasteiger partial charge in [0.15, 0.2) is 0 Å². The van der Waals surface area contributed by atoms with E-state index in [0.717, 1.165) is 19.1 Å². The summed E-state index contributed by atoms with van der Waals surface area (Å²) in [4.78, 5) is 44.8. The molecular weight excluding hydrogens is 335 g/mol. The van der Waals surface area contributed by atoms with Gasteiger partial charge >= 0.3 is 0 Å². The maximum atomic E-state index is 12.9. The average molecular weight is 350 g/mol. The van der Waals surface area contributed by atoms with Gasteiger partial charge in [0.1, 0.15) is 11.5 Å². The summed E-state index contributed by atoms with van der Waals surface area (Å²) in [5.41, 5.74) is 0.0823. The number of nitrogens with one attached hydrogen (secondary N) is 2. The predicted molar refractivity (Wildman–Crippen MR) is 79.4 cm³/mol. The lowest BCUT2D eigenvalue weighted by molar-refractivity contribution is -0.310. The van der Waals surface area contributed by atoms with Gasteiger partial charge in [-0.15, -0.1) is 0 Å². The molecule has 8 nitrogen and oxygen atoms in total. The number of amides is 2. The Labute approximate surface area is 142 Å². The minimum Gasteiger partial charge on any atom is -0.550 e. The number of hydrogen-bond donors (Lipinski definition) is 2. The molecule has 134 valence electrons. The van der Waals surface area contributed by atoms with E-state index in [1.807, 2.05) is 0 Å². The van der Waals surface area contributed by atoms with E-state index < -0.39 is 48.5 Å². The van der Waals surface area contributed by atoms with Crippen LogP contribution in [-0.2, 0) is 19.2 Å². The van der Waals surface area contributed by atoms with E-state index in [1.165, 1.54) is 18.2 Å². The van der Waals surface area contributed by atoms with Crippen LogP contribution in [0.2, 0.25) is 0 Å². The molecule has 0 radical (unpaired) electrons. The van der Waals surface area contributed by atoms with Crippen molar-refractivity contribution in [2.45, 2.75) is 25.8 Å². The lowest BCUT2D eigenvalue weighted by atomic mass is 10.1. The topological polar surface area (TPSA) is 138 Å². The lowest BCUT2D eigenvalue weighted by Crippen LogP contribution is -2.50. The van der Waals surface area contributed by atoms with Crippen molar-refractivity contribution in [3.8, 4) is 0 Å². The molecule has 2 N–H and O–H groups in total. The van der Waals surface area contributed by atoms with Gasteiger partial charge in [0.05, 0.1) is 12.0 Å². The number of carbonyl (C=O) groups is 4. The Kier molecular flexibility index (Phi) is 7.26. The van der Waals surface area contributed by atoms with E-state index in [1.54, 1.807) is 0 Å². The molecule has 9 heteroatoms. The van der Waals surface area contributed by atoms with Crippen LogP contribution in [-0.4, -0.2) is 29.8 Å². The monoisotopic (exact) mass is 350 g/mol. The maximum absolute atomic E-state index is 12.9. The molecule has 0 fully saturated rings. The smallest absolute Gasteiger partial charge is 0.268 e. The number of carboxylic acid groups (broad SMARTS) is 2. The summed E-state index contributed by atoms with van der Waals surface area (Å²) in [6.07, 6.45) is 0.164. The zero-order valence-electron chi connectivity index (χ0n) is 13.2. The van der Waals surface area contributed by atoms with Gasteiger partial charge in [-0.2, -0.15) is 0 Å². The molecule has 0 aliphatic rings. The second kappa shape index (κ2) is 9.16. The summed E-state index contributed by atoms with van der Waals surface area (Å²) < 4.78 is 12.9. The van der Waals surface area contributed by atoms with Crippen molar-refractivity contribution in [1.82, 2.24) is 10.6 Å². The molecule has 1 aromatic carbocycles. The van der Waals surface area contributed by atoms with Gasteiger partial charge in [-0.3, -0.25) is 9.59 Å². The quantitative estimate of drug-likeness (QED) is 0.524. The SMILES string of the molecule is CC(=O)N/C(=C/c1ccc(F)cc1)C(=O)N[C@@H](CCC(=O)[O-])C(=O)[O-]. The second-order valence-corrected chi connectivity index (χ2v) is 5.05. The van der Waals surface area contributed by atoms with Crippen LogP contribution < -0.4 is 20.8 Å². The first-order chi connectivity index (χ1) is 11.7. The Morgan fingerprint density at radius 1 is 1.16 bits per heavy atom. The van der Waals surface area contributed by atoms with Crippen LogP contribution in [0.3, 0.4) is 0 Å². The zero-order valence-corrected chi connectivity index (χ0v) is 13.2. The van der Waals surface area contributed by atoms with Gasteiger partial charge in [-0.05, 0) is 36.6 Å². The number of carbonyl (C=O) groups excluding carboxylic acids is 4. The molecule has 2 amide bonds. The minimum atomic E-state index is -1.68. The van der Waals surface area contributed by atoms with Crippen LogP contribution >= 0.6 is 0 Å². The predicted octanol–water partition coefficient (Wildman–Crippen LogP) is -1.93. The third-order valence-electron chi connectivity index (χ3n) is 2.96. The second-order valence-electron chi connectivity index (χ2n) is 5.05. The first-order valence-electron chi connectivity index (χ1n) is 7.15. The third-order valence-corrected chi connectivity index (χ3v) is 2.96. The molecule has 0 saturated heterocycles. The first-order valence-corrected chi connectivity index (χ1v) is 7.15. The molecule has 1 atom stereocenters. The van der Waals surface area contributed by atoms with Crippen molar-refractivity contribution in [3.63, 3.8) is 0 Å². The Morgan fingerprint density at radius 3 is 2.24 bits per heavy atom. The fourth-order valence-corrected chi connectivity index (χ4v) is 1.82. The van der Waals surface area contributed by atoms with E-state index in [0.29, 0.717) is 5.56 Å². The molecule has 0 unspecified atom stereocenters. The van der Waals surface area contributed by atoms with Crippen molar-refractivity contribution < 1.29 is 33.8 Å². The Balaban J connectivity index is 2.98. The summed E-state index contributed by atoms with van der Waals surface area (Å²) in [5.74, 6) is -5.22. The largest absolute Gasteiger partial charge is 0.550 e. The van der Waals surface area contributed by atoms with E-state index in [9.17, 15) is 33.8 Å². The standard InChI is InChI=1S/C16H17FN2O6/c1-9(20)18-13(8-10-2-4-11(17)5-3-10)15(23)19-12(16(24)25)6-7-14(21)22/h2-5,8,12H,6-7H2,1H3,(H,18,20)(H,19,23)(H,21,22)(H,24,25)/p-2/b13-8+/t12-/m0/s1. The molecule has 25 heavy (non-hydrogen) atoms. The highest BCUT2D eigenvalue weighted by atomic mass is 19.1. The Bertz CT molecular complexity index is 699. The average Bonchev–Trinajstić information content (AvgIpc) is 2.51. The van der Waals surface area contributed by atoms with Crippen LogP contribution in [0.15, 0.2) is 30.0 Å². The summed E-state index contributed by atoms with van der Waals surface area (Å²) in [6.45, 7) is 1.14. The van der Waals surface area contributed by atoms with E-state index in [-0.39, 0.29) is 5.70 Å². The van der Waals surface area contributed by atoms with E-state index in [2.05, 4.69) is 10.6 Å². The number of carboxylic acids is 2. The molecule has 0 aliphatic heterocycles. The molecule has 1 aromatic rings. The van der Waals surface area contributed by atoms with E-state index in [4.69, 9.17) is 0 Å². The van der Waals surface area contributed by atoms with Crippen molar-refractivity contribution >= 4 is 29.8 Å². The maximum Gasteiger partial charge on any atom is 0.268 e. The third kappa shape index (κ3) is 7.25. The Hall–Kier alpha value is -3.23. The molecule has 0 aromatic heterocycles. The highest BCUT2D eigenvalue weighted by Crippen LogP contribution is 2.08. The first kappa shape index (κ1) is 19.8. The summed E-state index contributed by atoms with van der Waals surface area (Å²) in [5, 5.41) is 25.7. The number of halogens is 1. The van der Waals surface area contributed by atoms with Crippen molar-refractivity contribution in [1.29, 1.82) is 0 Å². The number of hydrogen-bond acceptors (Lipinski definition) is 6. The van der Waals surface area contributed by atoms with Crippen molar-refractivity contribution in [2.75, 3.05) is 0 Å². The highest BCUT2D eigenvalue weighted by Gasteiger charge is 2.17. The molecule has 0 saturated carbocycles. The van der Waals surface area contributed by atoms with Gasteiger partial charge in [0.2, 0.25) is 5.91 Å². The number of rotatable bonds is 8. The molecule has 1 rings (SSSR count). The van der Waals surface area contributed by atoms with Crippen LogP contribution in [0, 0.1) is 5.82 Å². The fourth-order valence-electron chi connectivity index (χ4n) is 1.82. The molecule has 0 spiro atoms. The van der Waals surface area contributed by atoms with Gasteiger partial charge in [0.25, 0.3) is 5.91 Å². The normalized spacial score (nSPS) is 12.2. The summed E-state index contributed by atoms with van der Waals surface area (Å²) >= 11 is 0. The van der Waals surface area contributed by atoms with Crippen LogP contribution in [0.1, 0.15) is 25.3 Å². The van der Waals surface area contributed by atoms with Crippen LogP contribution in [0.5, 0.6) is 0 Å². The summed E-state index contributed by atoms with van der Waals surface area (Å²) in [7, 11) is 0. The Morgan fingerprint density at radius 2 is 1.76 bits per heavy atom. The molecule has 0 bridgehead atoms. The highest BCUT2D eigenvalue weighted by molar-refractivity contribution is 6.02. The molecule has 0 heterocycles. The molecule has 0 aliphatic carbocycles. The van der Waals surface area contributed by atoms with Crippen LogP contribution in [0.4, 0.5) is 4.39 Å². The van der Waals surface area contributed by atoms with Crippen molar-refractivity contribution in [3.05, 3.63) is 41.3 Å². The minimum absolute atomic E-state index is 0.293. The van der Waals surface area contributed by atoms with Crippen LogP contribution in [0.25, 0.3) is 6.08 Å².